The molecule has 0 aliphatic carbocycles. The van der Waals surface area contributed by atoms with Crippen LogP contribution in [-0.4, -0.2) is 4.98 Å². The lowest BCUT2D eigenvalue weighted by Crippen LogP contribution is -2.03. The first-order valence-electron chi connectivity index (χ1n) is 13.4. The van der Waals surface area contributed by atoms with Crippen molar-refractivity contribution in [2.75, 3.05) is 0 Å². The summed E-state index contributed by atoms with van der Waals surface area (Å²) >= 11 is 0. The van der Waals surface area contributed by atoms with Gasteiger partial charge in [0.2, 0.25) is 11.7 Å². The first-order chi connectivity index (χ1) is 20.8. The van der Waals surface area contributed by atoms with Gasteiger partial charge < -0.3 is 4.42 Å². The molecular weight excluding hydrogens is 557 g/mol. The Labute approximate surface area is 242 Å². The monoisotopic (exact) mass is 577 g/mol. The summed E-state index contributed by atoms with van der Waals surface area (Å²) in [5.41, 5.74) is 6.13. The van der Waals surface area contributed by atoms with Crippen molar-refractivity contribution in [2.45, 2.75) is 6.92 Å². The molecule has 0 aliphatic heterocycles. The van der Waals surface area contributed by atoms with Gasteiger partial charge in [-0.3, -0.25) is 0 Å². The molecule has 0 unspecified atom stereocenters. The molecule has 0 spiro atoms. The van der Waals surface area contributed by atoms with E-state index in [0.717, 1.165) is 55.3 Å². The van der Waals surface area contributed by atoms with Crippen LogP contribution in [0.4, 0.5) is 22.0 Å². The fourth-order valence-corrected chi connectivity index (χ4v) is 5.25. The van der Waals surface area contributed by atoms with Crippen molar-refractivity contribution in [3.63, 3.8) is 0 Å². The highest BCUT2D eigenvalue weighted by molar-refractivity contribution is 5.91. The maximum absolute atomic E-state index is 14.3. The Kier molecular flexibility index (Phi) is 6.31. The van der Waals surface area contributed by atoms with Crippen LogP contribution in [0.1, 0.15) is 5.56 Å². The van der Waals surface area contributed by atoms with Crippen molar-refractivity contribution < 1.29 is 26.4 Å². The predicted molar refractivity (Wildman–Crippen MR) is 158 cm³/mol. The van der Waals surface area contributed by atoms with Crippen LogP contribution in [0.25, 0.3) is 66.7 Å². The fraction of sp³-hybridized carbons (Fsp3) is 0.0278. The lowest BCUT2D eigenvalue weighted by Gasteiger charge is -2.10. The van der Waals surface area contributed by atoms with Gasteiger partial charge in [0.1, 0.15) is 5.52 Å². The van der Waals surface area contributed by atoms with Crippen molar-refractivity contribution in [2.24, 2.45) is 0 Å². The molecule has 1 aromatic heterocycles. The minimum Gasteiger partial charge on any atom is -0.436 e. The minimum atomic E-state index is -2.18. The van der Waals surface area contributed by atoms with Gasteiger partial charge in [-0.15, -0.1) is 0 Å². The third kappa shape index (κ3) is 4.63. The molecule has 7 heteroatoms. The first-order valence-corrected chi connectivity index (χ1v) is 13.4. The van der Waals surface area contributed by atoms with Crippen molar-refractivity contribution in [3.05, 3.63) is 138 Å². The molecule has 0 saturated heterocycles. The second kappa shape index (κ2) is 10.2. The zero-order valence-corrected chi connectivity index (χ0v) is 22.6. The van der Waals surface area contributed by atoms with Crippen LogP contribution in [0.15, 0.2) is 108 Å². The molecule has 0 aliphatic rings. The minimum absolute atomic E-state index is 0.112. The largest absolute Gasteiger partial charge is 0.436 e. The van der Waals surface area contributed by atoms with Crippen molar-refractivity contribution in [1.82, 2.24) is 4.98 Å². The van der Waals surface area contributed by atoms with E-state index >= 15 is 0 Å². The molecule has 210 valence electrons. The first kappa shape index (κ1) is 26.6. The summed E-state index contributed by atoms with van der Waals surface area (Å²) in [6.45, 7) is 2.01. The summed E-state index contributed by atoms with van der Waals surface area (Å²) in [5.74, 6) is -9.27. The smallest absolute Gasteiger partial charge is 0.227 e. The number of halogens is 5. The van der Waals surface area contributed by atoms with Crippen LogP contribution in [0, 0.1) is 36.0 Å². The van der Waals surface area contributed by atoms with Crippen LogP contribution in [0.2, 0.25) is 0 Å². The third-order valence-electron chi connectivity index (χ3n) is 7.57. The van der Waals surface area contributed by atoms with Gasteiger partial charge in [-0.1, -0.05) is 66.7 Å². The Morgan fingerprint density at radius 2 is 0.930 bits per heavy atom. The van der Waals surface area contributed by atoms with E-state index in [1.54, 1.807) is 12.1 Å². The highest BCUT2D eigenvalue weighted by Gasteiger charge is 2.26. The maximum Gasteiger partial charge on any atom is 0.227 e. The molecule has 1 heterocycles. The summed E-state index contributed by atoms with van der Waals surface area (Å²) in [6.07, 6.45) is 0. The van der Waals surface area contributed by atoms with Gasteiger partial charge in [0.25, 0.3) is 0 Å². The van der Waals surface area contributed by atoms with Crippen LogP contribution in [0.5, 0.6) is 0 Å². The Bertz CT molecular complexity index is 2160. The number of aryl methyl sites for hydroxylation is 1. The third-order valence-corrected chi connectivity index (χ3v) is 7.57. The van der Waals surface area contributed by atoms with Crippen LogP contribution >= 0.6 is 0 Å². The molecular formula is C36H20F5NO. The number of fused-ring (bicyclic) bond motifs is 2. The summed E-state index contributed by atoms with van der Waals surface area (Å²) in [4.78, 5) is 4.59. The van der Waals surface area contributed by atoms with E-state index in [1.165, 1.54) is 12.1 Å². The van der Waals surface area contributed by atoms with Crippen molar-refractivity contribution >= 4 is 21.9 Å². The SMILES string of the molecule is Cc1ccc2nc(-c3ccc(-c4ccc5cc(-c6ccc(-c7c(F)c(F)c(F)c(F)c7F)cc6)ccc5c4)cc3)oc2c1. The Balaban J connectivity index is 1.15. The molecule has 0 fully saturated rings. The van der Waals surface area contributed by atoms with Gasteiger partial charge in [-0.05, 0) is 87.5 Å². The molecule has 7 rings (SSSR count). The van der Waals surface area contributed by atoms with Crippen LogP contribution in [-0.2, 0) is 0 Å². The second-order valence-electron chi connectivity index (χ2n) is 10.4. The summed E-state index contributed by atoms with van der Waals surface area (Å²) < 4.78 is 75.3. The number of hydrogen-bond donors (Lipinski definition) is 0. The normalized spacial score (nSPS) is 11.5. The number of aromatic nitrogens is 1. The summed E-state index contributed by atoms with van der Waals surface area (Å²) in [7, 11) is 0. The van der Waals surface area contributed by atoms with Gasteiger partial charge >= 0.3 is 0 Å². The highest BCUT2D eigenvalue weighted by Crippen LogP contribution is 2.34. The zero-order chi connectivity index (χ0) is 29.8. The molecule has 6 aromatic carbocycles. The molecule has 0 N–H and O–H groups in total. The topological polar surface area (TPSA) is 26.0 Å². The zero-order valence-electron chi connectivity index (χ0n) is 22.6. The quantitative estimate of drug-likeness (QED) is 0.118. The van der Waals surface area contributed by atoms with E-state index in [0.29, 0.717) is 5.89 Å². The standard InChI is InChI=1S/C36H20F5NO/c1-19-2-15-28-29(16-19)43-36(42-28)23-9-5-21(6-10-23)25-12-14-26-17-24(11-13-27(26)18-25)20-3-7-22(8-4-20)30-31(37)33(39)35(41)34(40)32(30)38/h2-18H,1H3. The Morgan fingerprint density at radius 3 is 1.49 bits per heavy atom. The number of rotatable bonds is 4. The summed E-state index contributed by atoms with van der Waals surface area (Å²) in [6, 6.07) is 31.8. The highest BCUT2D eigenvalue weighted by atomic mass is 19.2. The maximum atomic E-state index is 14.3. The van der Waals surface area contributed by atoms with Crippen molar-refractivity contribution in [3.8, 4) is 44.8 Å². The van der Waals surface area contributed by atoms with E-state index in [4.69, 9.17) is 4.42 Å². The van der Waals surface area contributed by atoms with E-state index in [2.05, 4.69) is 11.1 Å². The molecule has 0 radical (unpaired) electrons. The van der Waals surface area contributed by atoms with E-state index in [-0.39, 0.29) is 5.56 Å². The van der Waals surface area contributed by atoms with Gasteiger partial charge in [0, 0.05) is 5.56 Å². The van der Waals surface area contributed by atoms with E-state index < -0.39 is 34.6 Å². The van der Waals surface area contributed by atoms with Crippen molar-refractivity contribution in [1.29, 1.82) is 0 Å². The molecule has 2 nitrogen and oxygen atoms in total. The second-order valence-corrected chi connectivity index (χ2v) is 10.4. The lowest BCUT2D eigenvalue weighted by molar-refractivity contribution is 0.381. The average molecular weight is 578 g/mol. The Hall–Kier alpha value is -5.30. The Morgan fingerprint density at radius 1 is 0.465 bits per heavy atom. The summed E-state index contributed by atoms with van der Waals surface area (Å²) in [5, 5.41) is 1.99. The van der Waals surface area contributed by atoms with Gasteiger partial charge in [0.15, 0.2) is 28.9 Å². The van der Waals surface area contributed by atoms with E-state index in [1.807, 2.05) is 79.7 Å². The molecule has 43 heavy (non-hydrogen) atoms. The average Bonchev–Trinajstić information content (AvgIpc) is 3.46. The number of oxazole rings is 1. The molecule has 0 atom stereocenters. The molecule has 7 aromatic rings. The molecule has 0 bridgehead atoms. The lowest BCUT2D eigenvalue weighted by atomic mass is 9.96. The van der Waals surface area contributed by atoms with E-state index in [9.17, 15) is 22.0 Å². The van der Waals surface area contributed by atoms with Gasteiger partial charge in [0.05, 0.1) is 5.56 Å². The molecule has 0 saturated carbocycles. The van der Waals surface area contributed by atoms with Crippen LogP contribution in [0.3, 0.4) is 0 Å². The number of nitrogens with zero attached hydrogens (tertiary/aromatic N) is 1. The predicted octanol–water partition coefficient (Wildman–Crippen LogP) is 10.7. The van der Waals surface area contributed by atoms with Crippen LogP contribution < -0.4 is 0 Å². The van der Waals surface area contributed by atoms with Gasteiger partial charge in [-0.2, -0.15) is 0 Å². The number of benzene rings is 6. The fourth-order valence-electron chi connectivity index (χ4n) is 5.25. The molecule has 0 amide bonds. The number of hydrogen-bond acceptors (Lipinski definition) is 2. The van der Waals surface area contributed by atoms with Gasteiger partial charge in [-0.25, -0.2) is 26.9 Å².